The predicted molar refractivity (Wildman–Crippen MR) is 67.6 cm³/mol. The highest BCUT2D eigenvalue weighted by Gasteiger charge is 2.31. The van der Waals surface area contributed by atoms with E-state index in [4.69, 9.17) is 17.3 Å². The van der Waals surface area contributed by atoms with Crippen LogP contribution in [0.3, 0.4) is 0 Å². The molecule has 0 aromatic carbocycles. The summed E-state index contributed by atoms with van der Waals surface area (Å²) in [5.41, 5.74) is 6.33. The first kappa shape index (κ1) is 11.4. The molecule has 1 saturated carbocycles. The highest BCUT2D eigenvalue weighted by molar-refractivity contribution is 7.16. The van der Waals surface area contributed by atoms with Gasteiger partial charge in [0, 0.05) is 4.88 Å². The van der Waals surface area contributed by atoms with E-state index in [1.54, 1.807) is 11.3 Å². The zero-order chi connectivity index (χ0) is 10.7. The summed E-state index contributed by atoms with van der Waals surface area (Å²) in [5, 5.41) is 0. The lowest BCUT2D eigenvalue weighted by atomic mass is 9.71. The molecule has 0 amide bonds. The van der Waals surface area contributed by atoms with Crippen molar-refractivity contribution >= 4 is 22.9 Å². The molecule has 1 aliphatic carbocycles. The number of halogens is 1. The van der Waals surface area contributed by atoms with Gasteiger partial charge in [0.15, 0.2) is 0 Å². The third-order valence-electron chi connectivity index (χ3n) is 3.53. The van der Waals surface area contributed by atoms with Crippen molar-refractivity contribution in [1.29, 1.82) is 0 Å². The van der Waals surface area contributed by atoms with E-state index >= 15 is 0 Å². The van der Waals surface area contributed by atoms with Gasteiger partial charge in [-0.05, 0) is 43.4 Å². The van der Waals surface area contributed by atoms with Crippen LogP contribution in [-0.4, -0.2) is 6.54 Å². The molecule has 2 rings (SSSR count). The number of rotatable bonds is 3. The minimum absolute atomic E-state index is 0.367. The van der Waals surface area contributed by atoms with Crippen LogP contribution in [0.1, 0.15) is 37.0 Å². The molecule has 84 valence electrons. The molecule has 1 nitrogen and oxygen atoms in total. The second-order valence-electron chi connectivity index (χ2n) is 4.65. The van der Waals surface area contributed by atoms with Crippen molar-refractivity contribution in [3.05, 3.63) is 21.3 Å². The van der Waals surface area contributed by atoms with Crippen LogP contribution in [0.2, 0.25) is 4.34 Å². The molecule has 0 saturated heterocycles. The number of hydrogen-bond acceptors (Lipinski definition) is 2. The molecular formula is C12H18ClNS. The first-order chi connectivity index (χ1) is 7.24. The van der Waals surface area contributed by atoms with Crippen LogP contribution in [-0.2, 0) is 6.42 Å². The van der Waals surface area contributed by atoms with Crippen LogP contribution in [0.25, 0.3) is 0 Å². The molecule has 0 bridgehead atoms. The lowest BCUT2D eigenvalue weighted by molar-refractivity contribution is 0.199. The highest BCUT2D eigenvalue weighted by Crippen LogP contribution is 2.40. The second kappa shape index (κ2) is 4.86. The molecule has 1 heterocycles. The SMILES string of the molecule is NCC1(Cc2ccc(Cl)s2)CCCCC1. The van der Waals surface area contributed by atoms with Crippen LogP contribution < -0.4 is 5.73 Å². The Morgan fingerprint density at radius 1 is 1.27 bits per heavy atom. The molecule has 2 N–H and O–H groups in total. The summed E-state index contributed by atoms with van der Waals surface area (Å²) in [6.45, 7) is 0.822. The quantitative estimate of drug-likeness (QED) is 0.858. The minimum Gasteiger partial charge on any atom is -0.330 e. The summed E-state index contributed by atoms with van der Waals surface area (Å²) in [5.74, 6) is 0. The molecule has 1 aromatic heterocycles. The monoisotopic (exact) mass is 243 g/mol. The van der Waals surface area contributed by atoms with Gasteiger partial charge in [-0.25, -0.2) is 0 Å². The Morgan fingerprint density at radius 2 is 2.00 bits per heavy atom. The predicted octanol–water partition coefficient (Wildman–Crippen LogP) is 3.85. The highest BCUT2D eigenvalue weighted by atomic mass is 35.5. The van der Waals surface area contributed by atoms with Gasteiger partial charge in [0.05, 0.1) is 4.34 Å². The fourth-order valence-electron chi connectivity index (χ4n) is 2.57. The largest absolute Gasteiger partial charge is 0.330 e. The van der Waals surface area contributed by atoms with E-state index in [0.29, 0.717) is 5.41 Å². The van der Waals surface area contributed by atoms with Gasteiger partial charge in [0.2, 0.25) is 0 Å². The third-order valence-corrected chi connectivity index (χ3v) is 4.76. The van der Waals surface area contributed by atoms with Crippen LogP contribution in [0.5, 0.6) is 0 Å². The first-order valence-corrected chi connectivity index (χ1v) is 6.88. The van der Waals surface area contributed by atoms with Gasteiger partial charge >= 0.3 is 0 Å². The fraction of sp³-hybridized carbons (Fsp3) is 0.667. The van der Waals surface area contributed by atoms with E-state index < -0.39 is 0 Å². The third kappa shape index (κ3) is 2.74. The fourth-order valence-corrected chi connectivity index (χ4v) is 3.83. The maximum absolute atomic E-state index is 5.96. The molecule has 0 atom stereocenters. The summed E-state index contributed by atoms with van der Waals surface area (Å²) in [4.78, 5) is 1.40. The maximum atomic E-state index is 5.96. The van der Waals surface area contributed by atoms with Gasteiger partial charge in [0.1, 0.15) is 0 Å². The summed E-state index contributed by atoms with van der Waals surface area (Å²) in [7, 11) is 0. The lowest BCUT2D eigenvalue weighted by Gasteiger charge is -2.36. The van der Waals surface area contributed by atoms with Crippen LogP contribution in [0.15, 0.2) is 12.1 Å². The van der Waals surface area contributed by atoms with E-state index in [2.05, 4.69) is 6.07 Å². The zero-order valence-corrected chi connectivity index (χ0v) is 10.5. The van der Waals surface area contributed by atoms with Gasteiger partial charge < -0.3 is 5.73 Å². The molecule has 1 aliphatic rings. The van der Waals surface area contributed by atoms with E-state index in [1.807, 2.05) is 6.07 Å². The van der Waals surface area contributed by atoms with Crippen molar-refractivity contribution in [3.63, 3.8) is 0 Å². The van der Waals surface area contributed by atoms with Crippen molar-refractivity contribution in [3.8, 4) is 0 Å². The van der Waals surface area contributed by atoms with E-state index in [-0.39, 0.29) is 0 Å². The standard InChI is InChI=1S/C12H18ClNS/c13-11-5-4-10(15-11)8-12(9-14)6-2-1-3-7-12/h4-5H,1-3,6-9,14H2. The van der Waals surface area contributed by atoms with Gasteiger partial charge in [0.25, 0.3) is 0 Å². The molecule has 0 unspecified atom stereocenters. The number of hydrogen-bond donors (Lipinski definition) is 1. The van der Waals surface area contributed by atoms with Crippen LogP contribution in [0.4, 0.5) is 0 Å². The van der Waals surface area contributed by atoms with Crippen molar-refractivity contribution < 1.29 is 0 Å². The Kier molecular flexibility index (Phi) is 3.70. The Bertz CT molecular complexity index is 315. The smallest absolute Gasteiger partial charge is 0.0931 e. The summed E-state index contributed by atoms with van der Waals surface area (Å²) >= 11 is 7.66. The number of thiophene rings is 1. The topological polar surface area (TPSA) is 26.0 Å². The van der Waals surface area contributed by atoms with E-state index in [0.717, 1.165) is 17.3 Å². The lowest BCUT2D eigenvalue weighted by Crippen LogP contribution is -2.34. The average Bonchev–Trinajstić information content (AvgIpc) is 2.65. The Morgan fingerprint density at radius 3 is 2.53 bits per heavy atom. The molecule has 0 aliphatic heterocycles. The van der Waals surface area contributed by atoms with Crippen molar-refractivity contribution in [2.24, 2.45) is 11.1 Å². The summed E-state index contributed by atoms with van der Waals surface area (Å²) < 4.78 is 0.896. The van der Waals surface area contributed by atoms with Crippen molar-refractivity contribution in [2.45, 2.75) is 38.5 Å². The van der Waals surface area contributed by atoms with Crippen molar-refractivity contribution in [1.82, 2.24) is 0 Å². The molecule has 0 radical (unpaired) electrons. The molecular weight excluding hydrogens is 226 g/mol. The Hall–Kier alpha value is -0.0500. The number of nitrogens with two attached hydrogens (primary N) is 1. The minimum atomic E-state index is 0.367. The van der Waals surface area contributed by atoms with Crippen molar-refractivity contribution in [2.75, 3.05) is 6.54 Å². The van der Waals surface area contributed by atoms with Crippen LogP contribution >= 0.6 is 22.9 Å². The molecule has 1 aromatic rings. The van der Waals surface area contributed by atoms with Crippen LogP contribution in [0, 0.1) is 5.41 Å². The summed E-state index contributed by atoms with van der Waals surface area (Å²) in [6, 6.07) is 4.15. The Labute approximate surface area is 101 Å². The van der Waals surface area contributed by atoms with E-state index in [1.165, 1.54) is 37.0 Å². The molecule has 1 fully saturated rings. The Balaban J connectivity index is 2.06. The normalized spacial score (nSPS) is 20.4. The van der Waals surface area contributed by atoms with Gasteiger partial charge in [-0.3, -0.25) is 0 Å². The molecule has 0 spiro atoms. The van der Waals surface area contributed by atoms with E-state index in [9.17, 15) is 0 Å². The first-order valence-electron chi connectivity index (χ1n) is 5.68. The molecule has 15 heavy (non-hydrogen) atoms. The van der Waals surface area contributed by atoms with Gasteiger partial charge in [-0.1, -0.05) is 30.9 Å². The summed E-state index contributed by atoms with van der Waals surface area (Å²) in [6.07, 6.45) is 7.78. The molecule has 3 heteroatoms. The second-order valence-corrected chi connectivity index (χ2v) is 6.45. The van der Waals surface area contributed by atoms with Gasteiger partial charge in [-0.15, -0.1) is 11.3 Å². The van der Waals surface area contributed by atoms with Gasteiger partial charge in [-0.2, -0.15) is 0 Å². The average molecular weight is 244 g/mol. The maximum Gasteiger partial charge on any atom is 0.0931 e. The zero-order valence-electron chi connectivity index (χ0n) is 8.97.